The summed E-state index contributed by atoms with van der Waals surface area (Å²) in [4.78, 5) is 0. The number of benzene rings is 6. The number of fused-ring (bicyclic) bond motifs is 9. The van der Waals surface area contributed by atoms with E-state index in [4.69, 9.17) is 8.83 Å². The molecule has 0 spiro atoms. The fourth-order valence-electron chi connectivity index (χ4n) is 6.40. The van der Waals surface area contributed by atoms with Crippen molar-refractivity contribution in [2.75, 3.05) is 0 Å². The molecule has 6 aromatic carbocycles. The molecule has 0 saturated heterocycles. The summed E-state index contributed by atoms with van der Waals surface area (Å²) >= 11 is 0. The summed E-state index contributed by atoms with van der Waals surface area (Å²) in [6.07, 6.45) is 0. The number of hydrogen-bond donors (Lipinski definition) is 0. The van der Waals surface area contributed by atoms with E-state index in [1.165, 1.54) is 10.8 Å². The fraction of sp³-hybridized carbons (Fsp3) is 0. The maximum Gasteiger partial charge on any atom is 0.159 e. The summed E-state index contributed by atoms with van der Waals surface area (Å²) < 4.78 is 15.0. The Morgan fingerprint density at radius 1 is 0.488 bits per heavy atom. The van der Waals surface area contributed by atoms with E-state index in [0.29, 0.717) is 11.1 Å². The van der Waals surface area contributed by atoms with E-state index in [2.05, 4.69) is 108 Å². The topological polar surface area (TPSA) is 55.0 Å². The van der Waals surface area contributed by atoms with E-state index >= 15 is 0 Å². The maximum atomic E-state index is 10.2. The first kappa shape index (κ1) is 22.1. The molecule has 3 heterocycles. The van der Waals surface area contributed by atoms with Crippen molar-refractivity contribution in [2.45, 2.75) is 0 Å². The van der Waals surface area contributed by atoms with Crippen molar-refractivity contribution >= 4 is 65.7 Å². The molecule has 41 heavy (non-hydrogen) atoms. The van der Waals surface area contributed by atoms with E-state index < -0.39 is 0 Å². The lowest BCUT2D eigenvalue weighted by molar-refractivity contribution is 0.665. The molecule has 0 fully saturated rings. The number of furan rings is 2. The van der Waals surface area contributed by atoms with Gasteiger partial charge in [0.05, 0.1) is 22.3 Å². The first-order chi connectivity index (χ1) is 20.3. The molecule has 0 radical (unpaired) electrons. The molecule has 0 aliphatic carbocycles. The summed E-state index contributed by atoms with van der Waals surface area (Å²) in [5.74, 6) is 0. The summed E-state index contributed by atoms with van der Waals surface area (Å²) in [7, 11) is 0. The van der Waals surface area contributed by atoms with Crippen molar-refractivity contribution in [2.24, 2.45) is 0 Å². The van der Waals surface area contributed by atoms with Crippen molar-refractivity contribution in [1.29, 1.82) is 5.26 Å². The molecule has 4 nitrogen and oxygen atoms in total. The molecular formula is C37H20N2O2. The molecule has 9 aromatic rings. The molecule has 0 amide bonds. The smallest absolute Gasteiger partial charge is 0.159 e. The second kappa shape index (κ2) is 8.11. The molecule has 190 valence electrons. The minimum absolute atomic E-state index is 0.506. The molecule has 4 heteroatoms. The quantitative estimate of drug-likeness (QED) is 0.226. The van der Waals surface area contributed by atoms with Gasteiger partial charge in [-0.05, 0) is 59.7 Å². The van der Waals surface area contributed by atoms with E-state index in [1.54, 1.807) is 0 Å². The van der Waals surface area contributed by atoms with Crippen LogP contribution in [0.15, 0.2) is 130 Å². The van der Waals surface area contributed by atoms with E-state index in [-0.39, 0.29) is 0 Å². The lowest BCUT2D eigenvalue weighted by Gasteiger charge is -2.08. The van der Waals surface area contributed by atoms with Gasteiger partial charge in [-0.25, -0.2) is 0 Å². The van der Waals surface area contributed by atoms with Gasteiger partial charge in [-0.3, -0.25) is 0 Å². The summed E-state index contributed by atoms with van der Waals surface area (Å²) in [5.41, 5.74) is 8.67. The molecule has 0 aliphatic rings. The molecule has 0 N–H and O–H groups in total. The SMILES string of the molecule is N#Cc1cc(-c2ccc3c(c2)oc2ccccc23)cc2c1oc1c(-n3c4ccccc4c4ccccc43)cccc12. The third-order valence-corrected chi connectivity index (χ3v) is 8.23. The Balaban J connectivity index is 1.31. The summed E-state index contributed by atoms with van der Waals surface area (Å²) in [6, 6.07) is 43.9. The highest BCUT2D eigenvalue weighted by atomic mass is 16.3. The number of nitrogens with zero attached hydrogens (tertiary/aromatic N) is 2. The van der Waals surface area contributed by atoms with Crippen molar-refractivity contribution < 1.29 is 8.83 Å². The van der Waals surface area contributed by atoms with Gasteiger partial charge in [0.25, 0.3) is 0 Å². The summed E-state index contributed by atoms with van der Waals surface area (Å²) in [5, 5.41) is 16.7. The third-order valence-electron chi connectivity index (χ3n) is 8.23. The normalized spacial score (nSPS) is 11.9. The minimum atomic E-state index is 0.506. The van der Waals surface area contributed by atoms with Gasteiger partial charge < -0.3 is 13.4 Å². The molecule has 9 rings (SSSR count). The van der Waals surface area contributed by atoms with E-state index in [9.17, 15) is 5.26 Å². The molecule has 0 unspecified atom stereocenters. The van der Waals surface area contributed by atoms with Crippen LogP contribution in [-0.4, -0.2) is 4.57 Å². The van der Waals surface area contributed by atoms with Crippen LogP contribution < -0.4 is 0 Å². The first-order valence-electron chi connectivity index (χ1n) is 13.6. The Labute approximate surface area is 233 Å². The lowest BCUT2D eigenvalue weighted by atomic mass is 9.98. The van der Waals surface area contributed by atoms with Crippen LogP contribution in [-0.2, 0) is 0 Å². The van der Waals surface area contributed by atoms with E-state index in [1.807, 2.05) is 24.3 Å². The Hall–Kier alpha value is -5.79. The zero-order valence-electron chi connectivity index (χ0n) is 21.8. The predicted octanol–water partition coefficient (Wildman–Crippen LogP) is 10.1. The highest BCUT2D eigenvalue weighted by Crippen LogP contribution is 2.41. The second-order valence-corrected chi connectivity index (χ2v) is 10.4. The van der Waals surface area contributed by atoms with Gasteiger partial charge in [-0.1, -0.05) is 72.8 Å². The molecule has 3 aromatic heterocycles. The van der Waals surface area contributed by atoms with Crippen LogP contribution >= 0.6 is 0 Å². The number of aromatic nitrogens is 1. The van der Waals surface area contributed by atoms with Gasteiger partial charge in [0, 0.05) is 32.3 Å². The molecule has 0 aliphatic heterocycles. The van der Waals surface area contributed by atoms with Crippen molar-refractivity contribution in [3.63, 3.8) is 0 Å². The standard InChI is InChI=1S/C37H20N2O2/c38-21-24-18-23(22-16-17-28-27-10-3-6-15-34(27)40-35(28)20-22)19-30-29-11-7-14-33(37(29)41-36(24)30)39-31-12-4-1-8-25(31)26-9-2-5-13-32(26)39/h1-20H. The van der Waals surface area contributed by atoms with Crippen LogP contribution in [0.2, 0.25) is 0 Å². The number of hydrogen-bond acceptors (Lipinski definition) is 3. The Bertz CT molecular complexity index is 2500. The van der Waals surface area contributed by atoms with Gasteiger partial charge in [-0.15, -0.1) is 0 Å². The Morgan fingerprint density at radius 3 is 1.95 bits per heavy atom. The van der Waals surface area contributed by atoms with Crippen LogP contribution in [0.4, 0.5) is 0 Å². The van der Waals surface area contributed by atoms with Gasteiger partial charge in [0.2, 0.25) is 0 Å². The number of rotatable bonds is 2. The lowest BCUT2D eigenvalue weighted by Crippen LogP contribution is -1.93. The van der Waals surface area contributed by atoms with Crippen LogP contribution in [0.3, 0.4) is 0 Å². The highest BCUT2D eigenvalue weighted by Gasteiger charge is 2.20. The Morgan fingerprint density at radius 2 is 1.17 bits per heavy atom. The fourth-order valence-corrected chi connectivity index (χ4v) is 6.40. The average Bonchev–Trinajstić information content (AvgIpc) is 3.70. The van der Waals surface area contributed by atoms with Crippen LogP contribution in [0, 0.1) is 11.3 Å². The first-order valence-corrected chi connectivity index (χ1v) is 13.6. The largest absolute Gasteiger partial charge is 0.456 e. The zero-order valence-corrected chi connectivity index (χ0v) is 21.8. The summed E-state index contributed by atoms with van der Waals surface area (Å²) in [6.45, 7) is 0. The second-order valence-electron chi connectivity index (χ2n) is 10.4. The monoisotopic (exact) mass is 524 g/mol. The number of nitriles is 1. The molecule has 0 saturated carbocycles. The minimum Gasteiger partial charge on any atom is -0.456 e. The molecule has 0 atom stereocenters. The highest BCUT2D eigenvalue weighted by molar-refractivity contribution is 6.14. The van der Waals surface area contributed by atoms with Crippen molar-refractivity contribution in [3.8, 4) is 22.9 Å². The predicted molar refractivity (Wildman–Crippen MR) is 165 cm³/mol. The van der Waals surface area contributed by atoms with E-state index in [0.717, 1.165) is 66.1 Å². The third kappa shape index (κ3) is 3.03. The number of para-hydroxylation sites is 4. The van der Waals surface area contributed by atoms with Gasteiger partial charge >= 0.3 is 0 Å². The molecule has 0 bridgehead atoms. The van der Waals surface area contributed by atoms with Crippen LogP contribution in [0.5, 0.6) is 0 Å². The zero-order chi connectivity index (χ0) is 27.1. The van der Waals surface area contributed by atoms with Crippen LogP contribution in [0.1, 0.15) is 5.56 Å². The van der Waals surface area contributed by atoms with Crippen LogP contribution in [0.25, 0.3) is 82.5 Å². The average molecular weight is 525 g/mol. The maximum absolute atomic E-state index is 10.2. The van der Waals surface area contributed by atoms with Gasteiger partial charge in [0.1, 0.15) is 17.2 Å². The van der Waals surface area contributed by atoms with Gasteiger partial charge in [-0.2, -0.15) is 5.26 Å². The van der Waals surface area contributed by atoms with Crippen molar-refractivity contribution in [1.82, 2.24) is 4.57 Å². The van der Waals surface area contributed by atoms with Gasteiger partial charge in [0.15, 0.2) is 11.2 Å². The van der Waals surface area contributed by atoms with Crippen molar-refractivity contribution in [3.05, 3.63) is 127 Å². The molecular weight excluding hydrogens is 504 g/mol. The Kier molecular flexibility index (Phi) is 4.37.